The van der Waals surface area contributed by atoms with Crippen LogP contribution in [0.2, 0.25) is 10.0 Å². The van der Waals surface area contributed by atoms with Crippen molar-refractivity contribution in [2.75, 3.05) is 0 Å². The van der Waals surface area contributed by atoms with Gasteiger partial charge in [0.15, 0.2) is 5.69 Å². The topological polar surface area (TPSA) is 135 Å². The zero-order valence-corrected chi connectivity index (χ0v) is 22.0. The van der Waals surface area contributed by atoms with E-state index in [-0.39, 0.29) is 28.9 Å². The fourth-order valence-electron chi connectivity index (χ4n) is 4.00. The molecule has 5 aromatic rings. The van der Waals surface area contributed by atoms with Gasteiger partial charge >= 0.3 is 11.9 Å². The van der Waals surface area contributed by atoms with Crippen LogP contribution in [0.3, 0.4) is 0 Å². The van der Waals surface area contributed by atoms with E-state index < -0.39 is 11.9 Å². The lowest BCUT2D eigenvalue weighted by atomic mass is 10.1. The first-order valence-electron chi connectivity index (χ1n) is 11.8. The lowest BCUT2D eigenvalue weighted by molar-refractivity contribution is 0.0660. The van der Waals surface area contributed by atoms with Crippen molar-refractivity contribution in [2.45, 2.75) is 6.54 Å². The molecule has 0 unspecified atom stereocenters. The minimum Gasteiger partial charge on any atom is -0.476 e. The Morgan fingerprint density at radius 1 is 0.825 bits per heavy atom. The van der Waals surface area contributed by atoms with Crippen LogP contribution in [0.1, 0.15) is 37.0 Å². The van der Waals surface area contributed by atoms with E-state index in [0.717, 1.165) is 5.56 Å². The van der Waals surface area contributed by atoms with Crippen LogP contribution in [0.5, 0.6) is 0 Å². The highest BCUT2D eigenvalue weighted by atomic mass is 35.5. The molecule has 9 nitrogen and oxygen atoms in total. The maximum atomic E-state index is 13.0. The van der Waals surface area contributed by atoms with Gasteiger partial charge in [0.1, 0.15) is 5.76 Å². The number of hydrogen-bond donors (Lipinski definition) is 3. The molecule has 0 bridgehead atoms. The van der Waals surface area contributed by atoms with Gasteiger partial charge < -0.3 is 19.9 Å². The van der Waals surface area contributed by atoms with Gasteiger partial charge in [-0.25, -0.2) is 14.3 Å². The lowest BCUT2D eigenvalue weighted by Gasteiger charge is -2.10. The Morgan fingerprint density at radius 2 is 1.60 bits per heavy atom. The van der Waals surface area contributed by atoms with E-state index in [9.17, 15) is 19.5 Å². The van der Waals surface area contributed by atoms with Crippen molar-refractivity contribution in [3.63, 3.8) is 0 Å². The number of aromatic carboxylic acids is 2. The van der Waals surface area contributed by atoms with Gasteiger partial charge in [-0.15, -0.1) is 0 Å². The van der Waals surface area contributed by atoms with Crippen molar-refractivity contribution in [1.82, 2.24) is 15.1 Å². The minimum atomic E-state index is -1.20. The molecule has 1 amide bonds. The van der Waals surface area contributed by atoms with Gasteiger partial charge in [0, 0.05) is 23.2 Å². The molecule has 0 aliphatic carbocycles. The van der Waals surface area contributed by atoms with Crippen molar-refractivity contribution in [3.8, 4) is 28.3 Å². The summed E-state index contributed by atoms with van der Waals surface area (Å²) >= 11 is 12.2. The number of nitrogens with zero attached hydrogens (tertiary/aromatic N) is 2. The van der Waals surface area contributed by atoms with Crippen molar-refractivity contribution in [2.24, 2.45) is 0 Å². The molecule has 0 spiro atoms. The van der Waals surface area contributed by atoms with Crippen LogP contribution in [0, 0.1) is 0 Å². The Labute approximate surface area is 237 Å². The van der Waals surface area contributed by atoms with Crippen LogP contribution < -0.4 is 5.32 Å². The highest BCUT2D eigenvalue weighted by Gasteiger charge is 2.18. The third-order valence-corrected chi connectivity index (χ3v) is 6.74. The van der Waals surface area contributed by atoms with Crippen molar-refractivity contribution < 1.29 is 29.0 Å². The summed E-state index contributed by atoms with van der Waals surface area (Å²) in [5, 5.41) is 26.2. The summed E-state index contributed by atoms with van der Waals surface area (Å²) in [6.45, 7) is 0.242. The summed E-state index contributed by atoms with van der Waals surface area (Å²) in [7, 11) is 0. The fourth-order valence-corrected chi connectivity index (χ4v) is 4.30. The van der Waals surface area contributed by atoms with Gasteiger partial charge in [0.05, 0.1) is 21.4 Å². The molecule has 0 radical (unpaired) electrons. The van der Waals surface area contributed by atoms with Crippen LogP contribution in [-0.4, -0.2) is 37.8 Å². The van der Waals surface area contributed by atoms with Gasteiger partial charge in [0.2, 0.25) is 5.76 Å². The second-order valence-corrected chi connectivity index (χ2v) is 9.47. The van der Waals surface area contributed by atoms with Crippen molar-refractivity contribution in [3.05, 3.63) is 118 Å². The van der Waals surface area contributed by atoms with E-state index in [1.54, 1.807) is 72.8 Å². The number of furan rings is 1. The van der Waals surface area contributed by atoms with Crippen LogP contribution in [-0.2, 0) is 6.54 Å². The van der Waals surface area contributed by atoms with E-state index in [0.29, 0.717) is 38.9 Å². The van der Waals surface area contributed by atoms with Gasteiger partial charge in [0.25, 0.3) is 5.91 Å². The standard InChI is InChI=1S/C29H19Cl2N3O6/c30-21-9-8-20(13-22(21)31)34-24(14-23(33-34)28(36)37)18-2-1-3-19(12-18)27(35)32-15-16-4-6-17(7-5-16)25-10-11-26(40-25)29(38)39/h1-14H,15H2,(H,32,35)(H,36,37)(H,38,39). The molecule has 0 aliphatic heterocycles. The number of carboxylic acids is 2. The van der Waals surface area contributed by atoms with Gasteiger partial charge in [-0.05, 0) is 54.1 Å². The third-order valence-electron chi connectivity index (χ3n) is 6.01. The molecule has 3 aromatic carbocycles. The Bertz CT molecular complexity index is 1760. The second kappa shape index (κ2) is 11.1. The Hall–Kier alpha value is -4.86. The normalized spacial score (nSPS) is 10.8. The highest BCUT2D eigenvalue weighted by Crippen LogP contribution is 2.29. The first kappa shape index (κ1) is 26.7. The van der Waals surface area contributed by atoms with Crippen LogP contribution in [0.4, 0.5) is 0 Å². The molecule has 0 atom stereocenters. The summed E-state index contributed by atoms with van der Waals surface area (Å²) in [6.07, 6.45) is 0. The highest BCUT2D eigenvalue weighted by molar-refractivity contribution is 6.42. The summed E-state index contributed by atoms with van der Waals surface area (Å²) in [6, 6.07) is 23.1. The number of carbonyl (C=O) groups excluding carboxylic acids is 1. The zero-order chi connectivity index (χ0) is 28.4. The summed E-state index contributed by atoms with van der Waals surface area (Å²) in [5.41, 5.74) is 3.24. The summed E-state index contributed by atoms with van der Waals surface area (Å²) < 4.78 is 6.75. The van der Waals surface area contributed by atoms with E-state index in [2.05, 4.69) is 10.4 Å². The number of carboxylic acid groups (broad SMARTS) is 2. The maximum absolute atomic E-state index is 13.0. The molecule has 3 N–H and O–H groups in total. The summed E-state index contributed by atoms with van der Waals surface area (Å²) in [4.78, 5) is 35.7. The van der Waals surface area contributed by atoms with Gasteiger partial charge in [-0.2, -0.15) is 5.10 Å². The smallest absolute Gasteiger partial charge is 0.371 e. The van der Waals surface area contributed by atoms with Crippen LogP contribution in [0.25, 0.3) is 28.3 Å². The number of hydrogen-bond acceptors (Lipinski definition) is 5. The minimum absolute atomic E-state index is 0.146. The SMILES string of the molecule is O=C(NCc1ccc(-c2ccc(C(=O)O)o2)cc1)c1cccc(-c2cc(C(=O)O)nn2-c2ccc(Cl)c(Cl)c2)c1. The molecule has 0 fully saturated rings. The number of carbonyl (C=O) groups is 3. The van der Waals surface area contributed by atoms with E-state index in [4.69, 9.17) is 32.7 Å². The molecule has 2 aromatic heterocycles. The molecule has 5 rings (SSSR count). The van der Waals surface area contributed by atoms with Crippen LogP contribution >= 0.6 is 23.2 Å². The number of halogens is 2. The molecule has 200 valence electrons. The number of nitrogens with one attached hydrogen (secondary N) is 1. The molecule has 11 heteroatoms. The van der Waals surface area contributed by atoms with Crippen LogP contribution in [0.15, 0.2) is 89.3 Å². The average Bonchev–Trinajstić information content (AvgIpc) is 3.62. The molecule has 2 heterocycles. The first-order valence-corrected chi connectivity index (χ1v) is 12.5. The monoisotopic (exact) mass is 575 g/mol. The maximum Gasteiger partial charge on any atom is 0.371 e. The number of benzene rings is 3. The Balaban J connectivity index is 1.34. The number of rotatable bonds is 8. The third kappa shape index (κ3) is 5.61. The van der Waals surface area contributed by atoms with Crippen molar-refractivity contribution >= 4 is 41.0 Å². The largest absolute Gasteiger partial charge is 0.476 e. The van der Waals surface area contributed by atoms with Gasteiger partial charge in [-0.1, -0.05) is 59.6 Å². The summed E-state index contributed by atoms with van der Waals surface area (Å²) in [5.74, 6) is -2.39. The molecular formula is C29H19Cl2N3O6. The number of aromatic nitrogens is 2. The molecule has 0 saturated carbocycles. The molecular weight excluding hydrogens is 557 g/mol. The second-order valence-electron chi connectivity index (χ2n) is 8.66. The molecule has 40 heavy (non-hydrogen) atoms. The van der Waals surface area contributed by atoms with Crippen molar-refractivity contribution in [1.29, 1.82) is 0 Å². The predicted molar refractivity (Wildman–Crippen MR) is 148 cm³/mol. The first-order chi connectivity index (χ1) is 19.2. The van der Waals surface area contributed by atoms with E-state index >= 15 is 0 Å². The zero-order valence-electron chi connectivity index (χ0n) is 20.5. The van der Waals surface area contributed by atoms with Gasteiger partial charge in [-0.3, -0.25) is 4.79 Å². The lowest BCUT2D eigenvalue weighted by Crippen LogP contribution is -2.22. The Kier molecular flexibility index (Phi) is 7.41. The predicted octanol–water partition coefficient (Wildman–Crippen LogP) is 6.43. The van der Waals surface area contributed by atoms with E-state index in [1.165, 1.54) is 16.8 Å². The quantitative estimate of drug-likeness (QED) is 0.194. The molecule has 0 saturated heterocycles. The van der Waals surface area contributed by atoms with E-state index in [1.807, 2.05) is 0 Å². The number of amides is 1. The average molecular weight is 576 g/mol. The molecule has 0 aliphatic rings. The fraction of sp³-hybridized carbons (Fsp3) is 0.0345. The Morgan fingerprint density at radius 3 is 2.27 bits per heavy atom.